The van der Waals surface area contributed by atoms with E-state index in [1.165, 1.54) is 25.7 Å². The molecule has 1 aromatic rings. The molecular formula is C17H27NO2. The Morgan fingerprint density at radius 1 is 1.30 bits per heavy atom. The zero-order valence-electron chi connectivity index (χ0n) is 12.5. The van der Waals surface area contributed by atoms with Crippen molar-refractivity contribution < 1.29 is 9.84 Å². The molecule has 0 amide bonds. The van der Waals surface area contributed by atoms with Gasteiger partial charge in [-0.05, 0) is 24.9 Å². The van der Waals surface area contributed by atoms with Crippen LogP contribution in [0.4, 0.5) is 0 Å². The van der Waals surface area contributed by atoms with Crippen LogP contribution in [0.3, 0.4) is 0 Å². The maximum absolute atomic E-state index is 10.1. The van der Waals surface area contributed by atoms with Gasteiger partial charge in [-0.2, -0.15) is 0 Å². The first-order valence-corrected chi connectivity index (χ1v) is 7.89. The van der Waals surface area contributed by atoms with Crippen LogP contribution in [-0.4, -0.2) is 24.4 Å². The summed E-state index contributed by atoms with van der Waals surface area (Å²) in [6.45, 7) is 4.25. The Balaban J connectivity index is 1.80. The molecule has 0 bridgehead atoms. The van der Waals surface area contributed by atoms with E-state index in [4.69, 9.17) is 4.74 Å². The van der Waals surface area contributed by atoms with Gasteiger partial charge in [0.25, 0.3) is 0 Å². The molecule has 112 valence electrons. The van der Waals surface area contributed by atoms with E-state index in [2.05, 4.69) is 18.3 Å². The monoisotopic (exact) mass is 277 g/mol. The summed E-state index contributed by atoms with van der Waals surface area (Å²) in [6.07, 6.45) is 5.73. The minimum absolute atomic E-state index is 0.342. The summed E-state index contributed by atoms with van der Waals surface area (Å²) in [7, 11) is 0. The molecular weight excluding hydrogens is 250 g/mol. The molecule has 0 spiro atoms. The van der Waals surface area contributed by atoms with Crippen molar-refractivity contribution in [3.63, 3.8) is 0 Å². The van der Waals surface area contributed by atoms with Crippen molar-refractivity contribution in [1.29, 1.82) is 0 Å². The molecule has 2 N–H and O–H groups in total. The Labute approximate surface area is 122 Å². The minimum atomic E-state index is -0.342. The number of ether oxygens (including phenoxy) is 1. The Morgan fingerprint density at radius 2 is 2.05 bits per heavy atom. The summed E-state index contributed by atoms with van der Waals surface area (Å²) < 4.78 is 5.82. The fourth-order valence-corrected chi connectivity index (χ4v) is 2.94. The highest BCUT2D eigenvalue weighted by atomic mass is 16.5. The van der Waals surface area contributed by atoms with Crippen LogP contribution in [0.2, 0.25) is 0 Å². The van der Waals surface area contributed by atoms with Gasteiger partial charge in [-0.25, -0.2) is 0 Å². The Bertz CT molecular complexity index is 388. The SMILES string of the molecule is CCNCc1ccccc1OCC(O)CC1CCCC1. The van der Waals surface area contributed by atoms with Crippen LogP contribution in [0.15, 0.2) is 24.3 Å². The van der Waals surface area contributed by atoms with E-state index in [1.54, 1.807) is 0 Å². The normalized spacial score (nSPS) is 17.3. The minimum Gasteiger partial charge on any atom is -0.491 e. The number of benzene rings is 1. The summed E-state index contributed by atoms with van der Waals surface area (Å²) >= 11 is 0. The first-order valence-electron chi connectivity index (χ1n) is 7.89. The van der Waals surface area contributed by atoms with Gasteiger partial charge in [-0.3, -0.25) is 0 Å². The van der Waals surface area contributed by atoms with Crippen LogP contribution in [0.25, 0.3) is 0 Å². The first kappa shape index (κ1) is 15.3. The maximum atomic E-state index is 10.1. The van der Waals surface area contributed by atoms with Crippen molar-refractivity contribution in [2.75, 3.05) is 13.2 Å². The van der Waals surface area contributed by atoms with Crippen molar-refractivity contribution in [2.45, 2.75) is 51.7 Å². The highest BCUT2D eigenvalue weighted by molar-refractivity contribution is 5.33. The number of para-hydroxylation sites is 1. The molecule has 20 heavy (non-hydrogen) atoms. The van der Waals surface area contributed by atoms with Gasteiger partial charge in [0.15, 0.2) is 0 Å². The molecule has 1 aromatic carbocycles. The number of hydrogen-bond donors (Lipinski definition) is 2. The van der Waals surface area contributed by atoms with Gasteiger partial charge in [0, 0.05) is 12.1 Å². The lowest BCUT2D eigenvalue weighted by atomic mass is 10.0. The van der Waals surface area contributed by atoms with E-state index in [-0.39, 0.29) is 6.10 Å². The van der Waals surface area contributed by atoms with Gasteiger partial charge in [0.1, 0.15) is 12.4 Å². The number of rotatable bonds is 8. The van der Waals surface area contributed by atoms with E-state index in [1.807, 2.05) is 18.2 Å². The van der Waals surface area contributed by atoms with Crippen molar-refractivity contribution >= 4 is 0 Å². The second kappa shape index (κ2) is 8.28. The second-order valence-corrected chi connectivity index (χ2v) is 5.74. The molecule has 1 saturated carbocycles. The highest BCUT2D eigenvalue weighted by Crippen LogP contribution is 2.28. The summed E-state index contributed by atoms with van der Waals surface area (Å²) in [4.78, 5) is 0. The Kier molecular flexibility index (Phi) is 6.34. The molecule has 1 fully saturated rings. The lowest BCUT2D eigenvalue weighted by Gasteiger charge is -2.17. The van der Waals surface area contributed by atoms with Crippen LogP contribution in [-0.2, 0) is 6.54 Å². The van der Waals surface area contributed by atoms with Gasteiger partial charge in [0.05, 0.1) is 6.10 Å². The van der Waals surface area contributed by atoms with E-state index < -0.39 is 0 Å². The zero-order valence-corrected chi connectivity index (χ0v) is 12.5. The molecule has 3 nitrogen and oxygen atoms in total. The zero-order chi connectivity index (χ0) is 14.2. The van der Waals surface area contributed by atoms with Crippen LogP contribution in [0, 0.1) is 5.92 Å². The first-order chi connectivity index (χ1) is 9.79. The molecule has 0 aromatic heterocycles. The molecule has 1 unspecified atom stereocenters. The Hall–Kier alpha value is -1.06. The van der Waals surface area contributed by atoms with Crippen LogP contribution in [0.5, 0.6) is 5.75 Å². The van der Waals surface area contributed by atoms with Crippen LogP contribution in [0.1, 0.15) is 44.6 Å². The van der Waals surface area contributed by atoms with E-state index >= 15 is 0 Å². The van der Waals surface area contributed by atoms with E-state index in [9.17, 15) is 5.11 Å². The van der Waals surface area contributed by atoms with Crippen LogP contribution < -0.4 is 10.1 Å². The summed E-state index contributed by atoms with van der Waals surface area (Å²) in [5.41, 5.74) is 1.16. The molecule has 1 aliphatic rings. The molecule has 1 aliphatic carbocycles. The highest BCUT2D eigenvalue weighted by Gasteiger charge is 2.19. The molecule has 0 aliphatic heterocycles. The van der Waals surface area contributed by atoms with Crippen molar-refractivity contribution in [1.82, 2.24) is 5.32 Å². The van der Waals surface area contributed by atoms with Gasteiger partial charge >= 0.3 is 0 Å². The fraction of sp³-hybridized carbons (Fsp3) is 0.647. The number of aliphatic hydroxyl groups is 1. The third-order valence-electron chi connectivity index (χ3n) is 4.05. The van der Waals surface area contributed by atoms with Gasteiger partial charge in [-0.15, -0.1) is 0 Å². The lowest BCUT2D eigenvalue weighted by molar-refractivity contribution is 0.0850. The van der Waals surface area contributed by atoms with Crippen LogP contribution >= 0.6 is 0 Å². The summed E-state index contributed by atoms with van der Waals surface area (Å²) in [6, 6.07) is 8.05. The Morgan fingerprint density at radius 3 is 2.80 bits per heavy atom. The standard InChI is InChI=1S/C17H27NO2/c1-2-18-12-15-9-5-6-10-17(15)20-13-16(19)11-14-7-3-4-8-14/h5-6,9-10,14,16,18-19H,2-4,7-8,11-13H2,1H3. The molecule has 0 heterocycles. The van der Waals surface area contributed by atoms with E-state index in [0.29, 0.717) is 12.5 Å². The molecule has 1 atom stereocenters. The third-order valence-corrected chi connectivity index (χ3v) is 4.05. The molecule has 0 saturated heterocycles. The average molecular weight is 277 g/mol. The number of hydrogen-bond acceptors (Lipinski definition) is 3. The fourth-order valence-electron chi connectivity index (χ4n) is 2.94. The lowest BCUT2D eigenvalue weighted by Crippen LogP contribution is -2.21. The van der Waals surface area contributed by atoms with Gasteiger partial charge < -0.3 is 15.2 Å². The van der Waals surface area contributed by atoms with Crippen molar-refractivity contribution in [3.05, 3.63) is 29.8 Å². The molecule has 2 rings (SSSR count). The smallest absolute Gasteiger partial charge is 0.123 e. The average Bonchev–Trinajstić information content (AvgIpc) is 2.96. The van der Waals surface area contributed by atoms with E-state index in [0.717, 1.165) is 30.8 Å². The molecule has 3 heteroatoms. The van der Waals surface area contributed by atoms with Crippen molar-refractivity contribution in [3.8, 4) is 5.75 Å². The molecule has 0 radical (unpaired) electrons. The quantitative estimate of drug-likeness (QED) is 0.767. The number of nitrogens with one attached hydrogen (secondary N) is 1. The van der Waals surface area contributed by atoms with Gasteiger partial charge in [-0.1, -0.05) is 50.8 Å². The largest absolute Gasteiger partial charge is 0.491 e. The summed E-state index contributed by atoms with van der Waals surface area (Å²) in [5, 5.41) is 13.4. The van der Waals surface area contributed by atoms with Gasteiger partial charge in [0.2, 0.25) is 0 Å². The second-order valence-electron chi connectivity index (χ2n) is 5.74. The predicted octanol–water partition coefficient (Wildman–Crippen LogP) is 3.12. The van der Waals surface area contributed by atoms with Crippen molar-refractivity contribution in [2.24, 2.45) is 5.92 Å². The summed E-state index contributed by atoms with van der Waals surface area (Å²) in [5.74, 6) is 1.59. The number of aliphatic hydroxyl groups excluding tert-OH is 1. The predicted molar refractivity (Wildman–Crippen MR) is 81.9 cm³/mol. The topological polar surface area (TPSA) is 41.5 Å². The maximum Gasteiger partial charge on any atom is 0.123 e. The third kappa shape index (κ3) is 4.80.